The van der Waals surface area contributed by atoms with Gasteiger partial charge in [0, 0.05) is 12.8 Å². The highest BCUT2D eigenvalue weighted by molar-refractivity contribution is 5.89. The van der Waals surface area contributed by atoms with Crippen LogP contribution in [0.2, 0.25) is 0 Å². The van der Waals surface area contributed by atoms with E-state index in [1.807, 2.05) is 12.1 Å². The summed E-state index contributed by atoms with van der Waals surface area (Å²) in [5.41, 5.74) is 0.471. The lowest BCUT2D eigenvalue weighted by molar-refractivity contribution is -0.147. The van der Waals surface area contributed by atoms with E-state index < -0.39 is 11.9 Å². The molecule has 0 fully saturated rings. The lowest BCUT2D eigenvalue weighted by Crippen LogP contribution is -2.15. The smallest absolute Gasteiger partial charge is 0.338 e. The Bertz CT molecular complexity index is 962. The number of hydrogen-bond donors (Lipinski definition) is 0. The van der Waals surface area contributed by atoms with E-state index in [2.05, 4.69) is 0 Å². The summed E-state index contributed by atoms with van der Waals surface area (Å²) in [6.07, 6.45) is 1.44. The molecule has 2 aromatic rings. The second-order valence-electron chi connectivity index (χ2n) is 7.91. The lowest BCUT2D eigenvalue weighted by atomic mass is 10.2. The average Bonchev–Trinajstić information content (AvgIpc) is 2.93. The van der Waals surface area contributed by atoms with E-state index in [1.165, 1.54) is 0 Å². The molecule has 0 N–H and O–H groups in total. The third kappa shape index (κ3) is 14.7. The highest BCUT2D eigenvalue weighted by atomic mass is 16.6. The van der Waals surface area contributed by atoms with Crippen LogP contribution in [0.3, 0.4) is 0 Å². The predicted octanol–water partition coefficient (Wildman–Crippen LogP) is 3.52. The molecule has 10 heteroatoms. The molecule has 0 saturated carbocycles. The monoisotopic (exact) mass is 530 g/mol. The molecule has 0 aromatic heterocycles. The number of carbonyl (C=O) groups excluding carboxylic acids is 4. The van der Waals surface area contributed by atoms with Crippen LogP contribution >= 0.6 is 0 Å². The van der Waals surface area contributed by atoms with Crippen LogP contribution in [0.1, 0.15) is 42.5 Å². The first-order valence-electron chi connectivity index (χ1n) is 12.5. The molecular weight excluding hydrogens is 496 g/mol. The van der Waals surface area contributed by atoms with E-state index in [-0.39, 0.29) is 77.4 Å². The molecule has 0 radical (unpaired) electrons. The van der Waals surface area contributed by atoms with Gasteiger partial charge in [-0.2, -0.15) is 0 Å². The number of benzene rings is 2. The van der Waals surface area contributed by atoms with Crippen molar-refractivity contribution in [3.8, 4) is 5.75 Å². The SMILES string of the molecule is O=C(CCCCC(=O)OCCOCCC(=O)Oc1ccccc1)OCCOCCOC(=O)c1ccccc1. The van der Waals surface area contributed by atoms with Gasteiger partial charge < -0.3 is 28.4 Å². The van der Waals surface area contributed by atoms with E-state index in [1.54, 1.807) is 48.5 Å². The van der Waals surface area contributed by atoms with E-state index in [9.17, 15) is 19.2 Å². The van der Waals surface area contributed by atoms with E-state index in [0.29, 0.717) is 24.2 Å². The van der Waals surface area contributed by atoms with Crippen molar-refractivity contribution in [2.75, 3.05) is 46.2 Å². The first kappa shape index (κ1) is 30.5. The molecule has 0 spiro atoms. The number of carbonyl (C=O) groups is 4. The first-order chi connectivity index (χ1) is 18.5. The van der Waals surface area contributed by atoms with Gasteiger partial charge in [-0.15, -0.1) is 0 Å². The molecule has 38 heavy (non-hydrogen) atoms. The van der Waals surface area contributed by atoms with Gasteiger partial charge in [0.05, 0.1) is 38.4 Å². The molecule has 0 amide bonds. The molecule has 0 saturated heterocycles. The minimum atomic E-state index is -0.420. The van der Waals surface area contributed by atoms with Gasteiger partial charge in [0.1, 0.15) is 25.6 Å². The van der Waals surface area contributed by atoms with Gasteiger partial charge in [0.25, 0.3) is 0 Å². The van der Waals surface area contributed by atoms with Gasteiger partial charge in [-0.05, 0) is 37.1 Å². The largest absolute Gasteiger partial charge is 0.463 e. The van der Waals surface area contributed by atoms with Crippen LogP contribution in [0.5, 0.6) is 5.75 Å². The quantitative estimate of drug-likeness (QED) is 0.115. The lowest BCUT2D eigenvalue weighted by Gasteiger charge is -2.08. The Kier molecular flexibility index (Phi) is 15.5. The third-order valence-corrected chi connectivity index (χ3v) is 4.89. The van der Waals surface area contributed by atoms with Crippen LogP contribution in [-0.2, 0) is 38.1 Å². The van der Waals surface area contributed by atoms with Crippen molar-refractivity contribution >= 4 is 23.9 Å². The summed E-state index contributed by atoms with van der Waals surface area (Å²) in [4.78, 5) is 46.9. The Labute approximate surface area is 222 Å². The van der Waals surface area contributed by atoms with Gasteiger partial charge in [-0.25, -0.2) is 4.79 Å². The van der Waals surface area contributed by atoms with E-state index in [0.717, 1.165) is 0 Å². The van der Waals surface area contributed by atoms with Crippen molar-refractivity contribution in [3.05, 3.63) is 66.2 Å². The predicted molar refractivity (Wildman–Crippen MR) is 135 cm³/mol. The fraction of sp³-hybridized carbons (Fsp3) is 0.429. The topological polar surface area (TPSA) is 124 Å². The Balaban J connectivity index is 1.34. The van der Waals surface area contributed by atoms with E-state index >= 15 is 0 Å². The number of esters is 4. The molecule has 0 aliphatic heterocycles. The molecule has 2 aromatic carbocycles. The maximum Gasteiger partial charge on any atom is 0.338 e. The van der Waals surface area contributed by atoms with Crippen molar-refractivity contribution in [1.29, 1.82) is 0 Å². The first-order valence-corrected chi connectivity index (χ1v) is 12.5. The fourth-order valence-electron chi connectivity index (χ4n) is 2.99. The number of hydrogen-bond acceptors (Lipinski definition) is 10. The van der Waals surface area contributed by atoms with Crippen molar-refractivity contribution < 1.29 is 47.6 Å². The molecule has 0 unspecified atom stereocenters. The molecule has 2 rings (SSSR count). The Hall–Kier alpha value is -3.76. The second kappa shape index (κ2) is 19.4. The standard InChI is InChI=1S/C28H34O10/c29-25(35-20-17-33-16-15-27(31)38-24-11-5-2-6-12-24)13-7-8-14-26(30)36-21-18-34-19-22-37-28(32)23-9-3-1-4-10-23/h1-6,9-12H,7-8,13-22H2. The number of rotatable bonds is 19. The maximum atomic E-state index is 11.8. The molecule has 10 nitrogen and oxygen atoms in total. The molecule has 0 atom stereocenters. The van der Waals surface area contributed by atoms with Crippen LogP contribution < -0.4 is 4.74 Å². The Morgan fingerprint density at radius 3 is 1.58 bits per heavy atom. The van der Waals surface area contributed by atoms with Crippen LogP contribution in [-0.4, -0.2) is 70.1 Å². The maximum absolute atomic E-state index is 11.8. The number of para-hydroxylation sites is 1. The van der Waals surface area contributed by atoms with Gasteiger partial charge in [-0.1, -0.05) is 36.4 Å². The molecule has 0 heterocycles. The summed E-state index contributed by atoms with van der Waals surface area (Å²) >= 11 is 0. The minimum absolute atomic E-state index is 0.0834. The molecule has 0 aliphatic rings. The second-order valence-corrected chi connectivity index (χ2v) is 7.91. The Morgan fingerprint density at radius 2 is 1.00 bits per heavy atom. The van der Waals surface area contributed by atoms with Crippen molar-refractivity contribution in [3.63, 3.8) is 0 Å². The third-order valence-electron chi connectivity index (χ3n) is 4.89. The number of unbranched alkanes of at least 4 members (excludes halogenated alkanes) is 1. The highest BCUT2D eigenvalue weighted by Crippen LogP contribution is 2.09. The average molecular weight is 531 g/mol. The number of ether oxygens (including phenoxy) is 6. The molecule has 0 aliphatic carbocycles. The summed E-state index contributed by atoms with van der Waals surface area (Å²) in [5, 5.41) is 0. The van der Waals surface area contributed by atoms with Crippen LogP contribution in [0, 0.1) is 0 Å². The minimum Gasteiger partial charge on any atom is -0.463 e. The van der Waals surface area contributed by atoms with E-state index in [4.69, 9.17) is 28.4 Å². The zero-order chi connectivity index (χ0) is 27.3. The molecule has 0 bridgehead atoms. The van der Waals surface area contributed by atoms with Gasteiger partial charge in [-0.3, -0.25) is 14.4 Å². The molecule has 206 valence electrons. The van der Waals surface area contributed by atoms with Crippen molar-refractivity contribution in [2.45, 2.75) is 32.1 Å². The summed E-state index contributed by atoms with van der Waals surface area (Å²) in [7, 11) is 0. The normalized spacial score (nSPS) is 10.4. The summed E-state index contributed by atoms with van der Waals surface area (Å²) in [5.74, 6) is -1.11. The summed E-state index contributed by atoms with van der Waals surface area (Å²) in [6, 6.07) is 17.4. The zero-order valence-corrected chi connectivity index (χ0v) is 21.3. The van der Waals surface area contributed by atoms with Crippen LogP contribution in [0.4, 0.5) is 0 Å². The summed E-state index contributed by atoms with van der Waals surface area (Å²) < 4.78 is 30.9. The van der Waals surface area contributed by atoms with Gasteiger partial charge >= 0.3 is 23.9 Å². The zero-order valence-electron chi connectivity index (χ0n) is 21.3. The molecular formula is C28H34O10. The van der Waals surface area contributed by atoms with Crippen LogP contribution in [0.25, 0.3) is 0 Å². The highest BCUT2D eigenvalue weighted by Gasteiger charge is 2.08. The van der Waals surface area contributed by atoms with Crippen LogP contribution in [0.15, 0.2) is 60.7 Å². The van der Waals surface area contributed by atoms with Crippen molar-refractivity contribution in [1.82, 2.24) is 0 Å². The van der Waals surface area contributed by atoms with Crippen molar-refractivity contribution in [2.24, 2.45) is 0 Å². The van der Waals surface area contributed by atoms with Gasteiger partial charge in [0.2, 0.25) is 0 Å². The fourth-order valence-corrected chi connectivity index (χ4v) is 2.99. The Morgan fingerprint density at radius 1 is 0.500 bits per heavy atom. The van der Waals surface area contributed by atoms with Gasteiger partial charge in [0.15, 0.2) is 0 Å². The summed E-state index contributed by atoms with van der Waals surface area (Å²) in [6.45, 7) is 1.01.